The number of aliphatic hydroxyl groups excluding tert-OH is 1. The van der Waals surface area contributed by atoms with E-state index in [1.54, 1.807) is 11.8 Å². The summed E-state index contributed by atoms with van der Waals surface area (Å²) in [6, 6.07) is -1.28. The highest BCUT2D eigenvalue weighted by molar-refractivity contribution is 7.98. The quantitative estimate of drug-likeness (QED) is 0.473. The van der Waals surface area contributed by atoms with Gasteiger partial charge in [0.15, 0.2) is 0 Å². The molecule has 0 heterocycles. The lowest BCUT2D eigenvalue weighted by Crippen LogP contribution is -2.49. The monoisotopic (exact) mass is 277 g/mol. The van der Waals surface area contributed by atoms with Gasteiger partial charge in [0.1, 0.15) is 6.04 Å². The summed E-state index contributed by atoms with van der Waals surface area (Å²) in [7, 11) is 0. The second-order valence-electron chi connectivity index (χ2n) is 4.21. The Morgan fingerprint density at radius 3 is 2.56 bits per heavy atom. The minimum absolute atomic E-state index is 0.104. The van der Waals surface area contributed by atoms with E-state index in [0.29, 0.717) is 19.4 Å². The normalized spacial score (nSPS) is 13.7. The topological polar surface area (TPSA) is 104 Å². The number of carbonyl (C=O) groups is 2. The summed E-state index contributed by atoms with van der Waals surface area (Å²) in [5.41, 5.74) is 5.04. The van der Waals surface area contributed by atoms with Crippen molar-refractivity contribution < 1.29 is 14.7 Å². The van der Waals surface area contributed by atoms with Crippen LogP contribution in [-0.4, -0.2) is 48.2 Å². The lowest BCUT2D eigenvalue weighted by atomic mass is 10.1. The van der Waals surface area contributed by atoms with E-state index in [4.69, 9.17) is 10.8 Å². The fourth-order valence-corrected chi connectivity index (χ4v) is 1.87. The number of aliphatic hydroxyl groups is 1. The van der Waals surface area contributed by atoms with Crippen molar-refractivity contribution in [3.63, 3.8) is 0 Å². The number of rotatable bonds is 9. The molecule has 2 atom stereocenters. The molecule has 0 aliphatic carbocycles. The molecule has 2 unspecified atom stereocenters. The molecule has 18 heavy (non-hydrogen) atoms. The van der Waals surface area contributed by atoms with Crippen LogP contribution < -0.4 is 16.4 Å². The maximum Gasteiger partial charge on any atom is 0.312 e. The number of thioether (sulfide) groups is 1. The highest BCUT2D eigenvalue weighted by Gasteiger charge is 2.19. The van der Waals surface area contributed by atoms with E-state index in [1.165, 1.54) is 0 Å². The molecule has 7 heteroatoms. The fourth-order valence-electron chi connectivity index (χ4n) is 1.40. The molecule has 0 aromatic carbocycles. The maximum atomic E-state index is 11.8. The first-order valence-electron chi connectivity index (χ1n) is 5.94. The molecule has 3 amide bonds. The summed E-state index contributed by atoms with van der Waals surface area (Å²) in [4.78, 5) is 22.6. The Morgan fingerprint density at radius 2 is 2.06 bits per heavy atom. The molecule has 6 nitrogen and oxygen atoms in total. The van der Waals surface area contributed by atoms with E-state index in [0.717, 1.165) is 5.75 Å². The number of carbonyl (C=O) groups excluding carboxylic acids is 2. The van der Waals surface area contributed by atoms with Gasteiger partial charge < -0.3 is 21.5 Å². The van der Waals surface area contributed by atoms with Crippen molar-refractivity contribution in [3.8, 4) is 0 Å². The molecule has 0 saturated heterocycles. The van der Waals surface area contributed by atoms with E-state index in [2.05, 4.69) is 10.6 Å². The molecule has 0 spiro atoms. The number of urea groups is 1. The van der Waals surface area contributed by atoms with Crippen LogP contribution in [0.3, 0.4) is 0 Å². The average Bonchev–Trinajstić information content (AvgIpc) is 2.31. The standard InChI is InChI=1S/C11H23N3O3S/c1-8(3-5-15)7-13-10(16)9(4-6-18-2)14-11(12)17/h8-9,15H,3-7H2,1-2H3,(H,13,16)(H3,12,14,17). The largest absolute Gasteiger partial charge is 0.396 e. The molecular formula is C11H23N3O3S. The third-order valence-corrected chi connectivity index (χ3v) is 3.13. The molecule has 0 saturated carbocycles. The summed E-state index contributed by atoms with van der Waals surface area (Å²) in [5.74, 6) is 0.742. The average molecular weight is 277 g/mol. The van der Waals surface area contributed by atoms with Gasteiger partial charge in [0.2, 0.25) is 5.91 Å². The molecule has 106 valence electrons. The zero-order chi connectivity index (χ0) is 14.0. The molecular weight excluding hydrogens is 254 g/mol. The number of amides is 3. The highest BCUT2D eigenvalue weighted by atomic mass is 32.2. The number of hydrogen-bond acceptors (Lipinski definition) is 4. The Balaban J connectivity index is 4.14. The van der Waals surface area contributed by atoms with E-state index >= 15 is 0 Å². The lowest BCUT2D eigenvalue weighted by molar-refractivity contribution is -0.123. The predicted octanol–water partition coefficient (Wildman–Crippen LogP) is -0.0889. The van der Waals surface area contributed by atoms with Gasteiger partial charge in [-0.15, -0.1) is 0 Å². The Kier molecular flexibility index (Phi) is 9.49. The van der Waals surface area contributed by atoms with E-state index in [9.17, 15) is 9.59 Å². The Hall–Kier alpha value is -0.950. The van der Waals surface area contributed by atoms with Gasteiger partial charge in [0.25, 0.3) is 0 Å². The summed E-state index contributed by atoms with van der Waals surface area (Å²) in [5, 5.41) is 13.9. The Bertz CT molecular complexity index is 264. The Morgan fingerprint density at radius 1 is 1.39 bits per heavy atom. The van der Waals surface area contributed by atoms with Crippen LogP contribution in [0.2, 0.25) is 0 Å². The first kappa shape index (κ1) is 17.1. The van der Waals surface area contributed by atoms with Crippen molar-refractivity contribution in [2.45, 2.75) is 25.8 Å². The fraction of sp³-hybridized carbons (Fsp3) is 0.818. The first-order chi connectivity index (χ1) is 8.51. The van der Waals surface area contributed by atoms with Crippen LogP contribution in [0.5, 0.6) is 0 Å². The zero-order valence-electron chi connectivity index (χ0n) is 10.9. The van der Waals surface area contributed by atoms with Crippen molar-refractivity contribution >= 4 is 23.7 Å². The smallest absolute Gasteiger partial charge is 0.312 e. The van der Waals surface area contributed by atoms with Crippen LogP contribution in [0, 0.1) is 5.92 Å². The van der Waals surface area contributed by atoms with Gasteiger partial charge in [-0.1, -0.05) is 6.92 Å². The molecule has 0 aromatic rings. The van der Waals surface area contributed by atoms with Gasteiger partial charge in [0.05, 0.1) is 0 Å². The van der Waals surface area contributed by atoms with Crippen molar-refractivity contribution in [1.29, 1.82) is 0 Å². The molecule has 0 aliphatic rings. The minimum atomic E-state index is -0.695. The van der Waals surface area contributed by atoms with Gasteiger partial charge in [0, 0.05) is 13.2 Å². The van der Waals surface area contributed by atoms with Crippen LogP contribution in [0.25, 0.3) is 0 Å². The van der Waals surface area contributed by atoms with E-state index in [1.807, 2.05) is 13.2 Å². The van der Waals surface area contributed by atoms with Crippen molar-refractivity contribution in [2.75, 3.05) is 25.2 Å². The Labute approximate surface area is 112 Å². The zero-order valence-corrected chi connectivity index (χ0v) is 11.8. The van der Waals surface area contributed by atoms with Crippen LogP contribution >= 0.6 is 11.8 Å². The lowest BCUT2D eigenvalue weighted by Gasteiger charge is -2.18. The molecule has 0 fully saturated rings. The third kappa shape index (κ3) is 8.19. The second-order valence-corrected chi connectivity index (χ2v) is 5.19. The van der Waals surface area contributed by atoms with Gasteiger partial charge in [-0.25, -0.2) is 4.79 Å². The molecule has 0 radical (unpaired) electrons. The summed E-state index contributed by atoms with van der Waals surface area (Å²) >= 11 is 1.60. The van der Waals surface area contributed by atoms with Gasteiger partial charge in [-0.2, -0.15) is 11.8 Å². The van der Waals surface area contributed by atoms with Crippen LogP contribution in [0.1, 0.15) is 19.8 Å². The molecule has 0 aromatic heterocycles. The summed E-state index contributed by atoms with van der Waals surface area (Å²) in [6.07, 6.45) is 3.12. The van der Waals surface area contributed by atoms with E-state index < -0.39 is 12.1 Å². The third-order valence-electron chi connectivity index (χ3n) is 2.49. The molecule has 0 aliphatic heterocycles. The van der Waals surface area contributed by atoms with Crippen molar-refractivity contribution in [2.24, 2.45) is 11.7 Å². The molecule has 0 bridgehead atoms. The number of nitrogens with one attached hydrogen (secondary N) is 2. The second kappa shape index (κ2) is 10.0. The minimum Gasteiger partial charge on any atom is -0.396 e. The van der Waals surface area contributed by atoms with Crippen LogP contribution in [-0.2, 0) is 4.79 Å². The summed E-state index contributed by atoms with van der Waals surface area (Å²) < 4.78 is 0. The predicted molar refractivity (Wildman–Crippen MR) is 73.4 cm³/mol. The van der Waals surface area contributed by atoms with Gasteiger partial charge in [-0.05, 0) is 30.8 Å². The van der Waals surface area contributed by atoms with Gasteiger partial charge in [-0.3, -0.25) is 4.79 Å². The highest BCUT2D eigenvalue weighted by Crippen LogP contribution is 2.02. The maximum absolute atomic E-state index is 11.8. The first-order valence-corrected chi connectivity index (χ1v) is 7.34. The number of primary amides is 1. The molecule has 5 N–H and O–H groups in total. The molecule has 0 rings (SSSR count). The summed E-state index contributed by atoms with van der Waals surface area (Å²) in [6.45, 7) is 2.52. The SMILES string of the molecule is CSCCC(NC(N)=O)C(=O)NCC(C)CCO. The van der Waals surface area contributed by atoms with Crippen molar-refractivity contribution in [3.05, 3.63) is 0 Å². The number of hydrogen-bond donors (Lipinski definition) is 4. The van der Waals surface area contributed by atoms with Crippen LogP contribution in [0.15, 0.2) is 0 Å². The number of nitrogens with two attached hydrogens (primary N) is 1. The van der Waals surface area contributed by atoms with Gasteiger partial charge >= 0.3 is 6.03 Å². The van der Waals surface area contributed by atoms with Crippen LogP contribution in [0.4, 0.5) is 4.79 Å². The van der Waals surface area contributed by atoms with Crippen molar-refractivity contribution in [1.82, 2.24) is 10.6 Å². The van der Waals surface area contributed by atoms with E-state index in [-0.39, 0.29) is 18.4 Å².